The summed E-state index contributed by atoms with van der Waals surface area (Å²) < 4.78 is 0. The van der Waals surface area contributed by atoms with Crippen molar-refractivity contribution in [3.63, 3.8) is 0 Å². The Balaban J connectivity index is 1.52. The number of hydrogen-bond donors (Lipinski definition) is 0. The van der Waals surface area contributed by atoms with Gasteiger partial charge in [-0.15, -0.1) is 0 Å². The molecule has 2 rings (SSSR count). The van der Waals surface area contributed by atoms with Crippen molar-refractivity contribution in [1.29, 1.82) is 0 Å². The van der Waals surface area contributed by atoms with Gasteiger partial charge in [0.1, 0.15) is 0 Å². The Morgan fingerprint density at radius 1 is 0.615 bits per heavy atom. The molecule has 2 saturated carbocycles. The Bertz CT molecular complexity index is 121. The molecule has 0 radical (unpaired) electrons. The third kappa shape index (κ3) is 3.60. The summed E-state index contributed by atoms with van der Waals surface area (Å²) in [6.07, 6.45) is 11.8. The van der Waals surface area contributed by atoms with Gasteiger partial charge in [0.05, 0.1) is 0 Å². The van der Waals surface area contributed by atoms with Crippen LogP contribution in [0.2, 0.25) is 0 Å². The van der Waals surface area contributed by atoms with Crippen LogP contribution in [-0.2, 0) is 0 Å². The molecule has 76 valence electrons. The molecule has 0 atom stereocenters. The molecule has 2 aliphatic rings. The molecule has 0 N–H and O–H groups in total. The van der Waals surface area contributed by atoms with Crippen molar-refractivity contribution in [2.24, 2.45) is 0 Å². The van der Waals surface area contributed by atoms with E-state index in [0.717, 1.165) is 10.5 Å². The second-order valence-corrected chi connectivity index (χ2v) is 8.72. The lowest BCUT2D eigenvalue weighted by Gasteiger charge is -2.09. The third-order valence-electron chi connectivity index (χ3n) is 2.96. The fraction of sp³-hybridized carbons (Fsp3) is 1.00. The molecule has 0 heterocycles. The molecule has 0 aromatic carbocycles. The molecule has 13 heavy (non-hydrogen) atoms. The quantitative estimate of drug-likeness (QED) is 0.635. The van der Waals surface area contributed by atoms with Crippen LogP contribution in [0.4, 0.5) is 0 Å². The standard InChI is InChI=1S/C10H18S3/c1-2-6-9(5-1)11-13-12-10-7-3-4-8-10/h9-10H,1-8H2. The maximum Gasteiger partial charge on any atom is 0.0159 e. The molecule has 2 aliphatic carbocycles. The highest BCUT2D eigenvalue weighted by atomic mass is 33.5. The van der Waals surface area contributed by atoms with E-state index in [1.165, 1.54) is 51.4 Å². The van der Waals surface area contributed by atoms with Gasteiger partial charge in [-0.3, -0.25) is 0 Å². The molecular formula is C10H18S3. The molecule has 0 aromatic heterocycles. The summed E-state index contributed by atoms with van der Waals surface area (Å²) in [6.45, 7) is 0. The molecule has 0 nitrogen and oxygen atoms in total. The Hall–Kier alpha value is 1.05. The molecule has 0 saturated heterocycles. The lowest BCUT2D eigenvalue weighted by atomic mass is 10.4. The largest absolute Gasteiger partial charge is 0.0791 e. The van der Waals surface area contributed by atoms with Crippen LogP contribution < -0.4 is 0 Å². The first-order chi connectivity index (χ1) is 6.45. The highest BCUT2D eigenvalue weighted by Gasteiger charge is 2.19. The average Bonchev–Trinajstić information content (AvgIpc) is 2.75. The van der Waals surface area contributed by atoms with Gasteiger partial charge in [0, 0.05) is 10.5 Å². The Kier molecular flexibility index (Phi) is 4.73. The van der Waals surface area contributed by atoms with E-state index in [0.29, 0.717) is 0 Å². The fourth-order valence-electron chi connectivity index (χ4n) is 2.10. The molecular weight excluding hydrogens is 216 g/mol. The maximum atomic E-state index is 2.15. The van der Waals surface area contributed by atoms with Gasteiger partial charge in [-0.05, 0) is 35.5 Å². The molecule has 0 aliphatic heterocycles. The van der Waals surface area contributed by atoms with E-state index in [1.807, 2.05) is 0 Å². The van der Waals surface area contributed by atoms with E-state index >= 15 is 0 Å². The van der Waals surface area contributed by atoms with E-state index in [4.69, 9.17) is 0 Å². The van der Waals surface area contributed by atoms with Gasteiger partial charge in [-0.2, -0.15) is 0 Å². The Morgan fingerprint density at radius 2 is 1.00 bits per heavy atom. The topological polar surface area (TPSA) is 0 Å². The van der Waals surface area contributed by atoms with Gasteiger partial charge in [0.15, 0.2) is 0 Å². The van der Waals surface area contributed by atoms with Crippen LogP contribution in [0.5, 0.6) is 0 Å². The monoisotopic (exact) mass is 234 g/mol. The zero-order valence-electron chi connectivity index (χ0n) is 8.04. The van der Waals surface area contributed by atoms with Crippen LogP contribution in [0.1, 0.15) is 51.4 Å². The van der Waals surface area contributed by atoms with E-state index in [9.17, 15) is 0 Å². The molecule has 0 unspecified atom stereocenters. The Labute approximate surface area is 93.2 Å². The van der Waals surface area contributed by atoms with Gasteiger partial charge in [-0.25, -0.2) is 0 Å². The zero-order chi connectivity index (χ0) is 8.93. The molecule has 2 fully saturated rings. The van der Waals surface area contributed by atoms with Crippen LogP contribution in [-0.4, -0.2) is 10.5 Å². The summed E-state index contributed by atoms with van der Waals surface area (Å²) in [7, 11) is 6.38. The lowest BCUT2D eigenvalue weighted by molar-refractivity contribution is 0.886. The van der Waals surface area contributed by atoms with Gasteiger partial charge >= 0.3 is 0 Å². The third-order valence-corrected chi connectivity index (χ3v) is 8.12. The van der Waals surface area contributed by atoms with E-state index in [2.05, 4.69) is 31.4 Å². The predicted molar refractivity (Wildman–Crippen MR) is 67.3 cm³/mol. The summed E-state index contributed by atoms with van der Waals surface area (Å²) >= 11 is 0. The van der Waals surface area contributed by atoms with Crippen molar-refractivity contribution in [2.45, 2.75) is 61.9 Å². The van der Waals surface area contributed by atoms with Gasteiger partial charge in [-0.1, -0.05) is 47.3 Å². The molecule has 3 heteroatoms. The van der Waals surface area contributed by atoms with Gasteiger partial charge < -0.3 is 0 Å². The van der Waals surface area contributed by atoms with Crippen LogP contribution in [0.25, 0.3) is 0 Å². The Morgan fingerprint density at radius 3 is 1.38 bits per heavy atom. The zero-order valence-corrected chi connectivity index (χ0v) is 10.5. The summed E-state index contributed by atoms with van der Waals surface area (Å²) in [4.78, 5) is 0. The van der Waals surface area contributed by atoms with Crippen LogP contribution in [0, 0.1) is 0 Å². The smallest absolute Gasteiger partial charge is 0.0159 e. The summed E-state index contributed by atoms with van der Waals surface area (Å²) in [6, 6.07) is 0. The fourth-order valence-corrected chi connectivity index (χ4v) is 7.79. The van der Waals surface area contributed by atoms with Gasteiger partial charge in [0.2, 0.25) is 0 Å². The van der Waals surface area contributed by atoms with Crippen molar-refractivity contribution in [3.8, 4) is 0 Å². The number of hydrogen-bond acceptors (Lipinski definition) is 3. The van der Waals surface area contributed by atoms with Crippen molar-refractivity contribution >= 4 is 31.4 Å². The van der Waals surface area contributed by atoms with Crippen LogP contribution >= 0.6 is 31.4 Å². The first-order valence-electron chi connectivity index (χ1n) is 5.44. The van der Waals surface area contributed by atoms with Crippen molar-refractivity contribution in [2.75, 3.05) is 0 Å². The van der Waals surface area contributed by atoms with Crippen molar-refractivity contribution in [3.05, 3.63) is 0 Å². The van der Waals surface area contributed by atoms with E-state index < -0.39 is 0 Å². The first-order valence-corrected chi connectivity index (χ1v) is 9.05. The highest BCUT2D eigenvalue weighted by molar-refractivity contribution is 9.09. The average molecular weight is 234 g/mol. The van der Waals surface area contributed by atoms with Gasteiger partial charge in [0.25, 0.3) is 0 Å². The highest BCUT2D eigenvalue weighted by Crippen LogP contribution is 2.47. The second kappa shape index (κ2) is 5.82. The predicted octanol–water partition coefficient (Wildman–Crippen LogP) is 4.90. The summed E-state index contributed by atoms with van der Waals surface area (Å²) in [5, 5.41) is 1.97. The maximum absolute atomic E-state index is 2.15. The SMILES string of the molecule is C1CCC(SSSC2CCCC2)C1. The molecule has 0 aromatic rings. The normalized spacial score (nSPS) is 25.8. The van der Waals surface area contributed by atoms with Crippen LogP contribution in [0.3, 0.4) is 0 Å². The lowest BCUT2D eigenvalue weighted by Crippen LogP contribution is -1.92. The summed E-state index contributed by atoms with van der Waals surface area (Å²) in [5.74, 6) is 0. The molecule has 0 spiro atoms. The molecule has 0 bridgehead atoms. The second-order valence-electron chi connectivity index (χ2n) is 4.07. The van der Waals surface area contributed by atoms with Crippen molar-refractivity contribution in [1.82, 2.24) is 0 Å². The first kappa shape index (κ1) is 10.6. The minimum atomic E-state index is 0.985. The minimum absolute atomic E-state index is 0.985. The van der Waals surface area contributed by atoms with Crippen LogP contribution in [0.15, 0.2) is 0 Å². The van der Waals surface area contributed by atoms with Crippen molar-refractivity contribution < 1.29 is 0 Å². The van der Waals surface area contributed by atoms with E-state index in [-0.39, 0.29) is 0 Å². The number of rotatable bonds is 4. The summed E-state index contributed by atoms with van der Waals surface area (Å²) in [5.41, 5.74) is 0. The minimum Gasteiger partial charge on any atom is -0.0791 e. The van der Waals surface area contributed by atoms with E-state index in [1.54, 1.807) is 0 Å². The molecule has 0 amide bonds.